The van der Waals surface area contributed by atoms with Crippen LogP contribution in [0.25, 0.3) is 0 Å². The molecule has 1 N–H and O–H groups in total. The molecule has 1 aliphatic carbocycles. The Morgan fingerprint density at radius 2 is 2.44 bits per heavy atom. The van der Waals surface area contributed by atoms with Crippen LogP contribution in [-0.2, 0) is 0 Å². The minimum Gasteiger partial charge on any atom is -0.219 e. The summed E-state index contributed by atoms with van der Waals surface area (Å²) >= 11 is 0. The highest BCUT2D eigenvalue weighted by Gasteiger charge is 2.25. The van der Waals surface area contributed by atoms with Gasteiger partial charge in [0.05, 0.1) is 5.92 Å². The normalized spacial score (nSPS) is 32.0. The number of rotatable bonds is 0. The Morgan fingerprint density at radius 1 is 1.44 bits per heavy atom. The molecule has 2 rings (SSSR count). The molecule has 0 spiro atoms. The van der Waals surface area contributed by atoms with Crippen LogP contribution in [0.4, 0.5) is 0 Å². The third-order valence-electron chi connectivity index (χ3n) is 2.26. The third kappa shape index (κ3) is 0.805. The predicted octanol–water partition coefficient (Wildman–Crippen LogP) is 0.226. The second-order valence-corrected chi connectivity index (χ2v) is 2.88. The Kier molecular flexibility index (Phi) is 1.15. The van der Waals surface area contributed by atoms with E-state index < -0.39 is 0 Å². The molecule has 1 fully saturated rings. The number of allylic oxidation sites excluding steroid dienone is 1. The van der Waals surface area contributed by atoms with E-state index in [9.17, 15) is 0 Å². The summed E-state index contributed by atoms with van der Waals surface area (Å²) in [5.41, 5.74) is 1.56. The van der Waals surface area contributed by atoms with E-state index in [0.29, 0.717) is 0 Å². The van der Waals surface area contributed by atoms with Crippen molar-refractivity contribution in [1.82, 2.24) is 0 Å². The zero-order chi connectivity index (χ0) is 6.10. The molecule has 1 heteroatoms. The highest BCUT2D eigenvalue weighted by atomic mass is 14.7. The zero-order valence-corrected chi connectivity index (χ0v) is 5.56. The maximum absolute atomic E-state index is 3.29. The van der Waals surface area contributed by atoms with E-state index in [1.807, 2.05) is 0 Å². The van der Waals surface area contributed by atoms with Crippen LogP contribution in [0.3, 0.4) is 0 Å². The molecule has 0 aromatic heterocycles. The van der Waals surface area contributed by atoms with E-state index in [4.69, 9.17) is 0 Å². The SMILES string of the molecule is C1=CC2CCCCC2=[NH+]1. The number of nitrogens with one attached hydrogen (secondary N) is 1. The minimum absolute atomic E-state index is 0.791. The van der Waals surface area contributed by atoms with Crippen molar-refractivity contribution >= 4 is 5.71 Å². The predicted molar refractivity (Wildman–Crippen MR) is 37.1 cm³/mol. The summed E-state index contributed by atoms with van der Waals surface area (Å²) in [6.45, 7) is 0. The molecule has 1 atom stereocenters. The van der Waals surface area contributed by atoms with E-state index in [2.05, 4.69) is 17.3 Å². The quantitative estimate of drug-likeness (QED) is 0.472. The molecule has 9 heavy (non-hydrogen) atoms. The molecule has 1 unspecified atom stereocenters. The summed E-state index contributed by atoms with van der Waals surface area (Å²) < 4.78 is 0. The van der Waals surface area contributed by atoms with Crippen LogP contribution in [0, 0.1) is 5.92 Å². The summed E-state index contributed by atoms with van der Waals surface area (Å²) in [5, 5.41) is 0. The lowest BCUT2D eigenvalue weighted by atomic mass is 9.88. The van der Waals surface area contributed by atoms with E-state index in [-0.39, 0.29) is 0 Å². The van der Waals surface area contributed by atoms with E-state index in [0.717, 1.165) is 5.92 Å². The molecule has 0 radical (unpaired) electrons. The van der Waals surface area contributed by atoms with Gasteiger partial charge in [-0.25, -0.2) is 4.99 Å². The van der Waals surface area contributed by atoms with Crippen LogP contribution in [0.5, 0.6) is 0 Å². The first kappa shape index (κ1) is 5.21. The van der Waals surface area contributed by atoms with Crippen molar-refractivity contribution in [2.75, 3.05) is 0 Å². The van der Waals surface area contributed by atoms with Gasteiger partial charge in [-0.3, -0.25) is 0 Å². The average molecular weight is 122 g/mol. The monoisotopic (exact) mass is 122 g/mol. The molecule has 48 valence electrons. The minimum atomic E-state index is 0.791. The summed E-state index contributed by atoms with van der Waals surface area (Å²) in [6, 6.07) is 0. The van der Waals surface area contributed by atoms with Gasteiger partial charge in [-0.2, -0.15) is 0 Å². The van der Waals surface area contributed by atoms with E-state index in [1.165, 1.54) is 25.7 Å². The van der Waals surface area contributed by atoms with Gasteiger partial charge in [-0.15, -0.1) is 0 Å². The topological polar surface area (TPSA) is 14.0 Å². The molecule has 0 aromatic carbocycles. The van der Waals surface area contributed by atoms with Crippen LogP contribution in [0.1, 0.15) is 25.7 Å². The van der Waals surface area contributed by atoms with E-state index in [1.54, 1.807) is 5.71 Å². The second-order valence-electron chi connectivity index (χ2n) is 2.88. The van der Waals surface area contributed by atoms with Crippen molar-refractivity contribution in [3.05, 3.63) is 12.3 Å². The van der Waals surface area contributed by atoms with Crippen LogP contribution >= 0.6 is 0 Å². The van der Waals surface area contributed by atoms with Gasteiger partial charge in [0.15, 0.2) is 11.9 Å². The van der Waals surface area contributed by atoms with Gasteiger partial charge in [0.2, 0.25) is 0 Å². The van der Waals surface area contributed by atoms with Crippen LogP contribution in [0.15, 0.2) is 12.3 Å². The summed E-state index contributed by atoms with van der Waals surface area (Å²) in [7, 11) is 0. The molecule has 0 saturated heterocycles. The third-order valence-corrected chi connectivity index (χ3v) is 2.26. The van der Waals surface area contributed by atoms with Crippen molar-refractivity contribution in [2.24, 2.45) is 5.92 Å². The fraction of sp³-hybridized carbons (Fsp3) is 0.625. The average Bonchev–Trinajstić information content (AvgIpc) is 2.33. The van der Waals surface area contributed by atoms with Gasteiger partial charge in [0, 0.05) is 6.42 Å². The molecule has 1 saturated carbocycles. The van der Waals surface area contributed by atoms with Crippen molar-refractivity contribution in [3.8, 4) is 0 Å². The molecule has 2 aliphatic rings. The van der Waals surface area contributed by atoms with Crippen molar-refractivity contribution in [1.29, 1.82) is 0 Å². The van der Waals surface area contributed by atoms with Crippen molar-refractivity contribution < 1.29 is 4.99 Å². The van der Waals surface area contributed by atoms with Crippen LogP contribution in [-0.4, -0.2) is 5.71 Å². The number of hydrogen-bond acceptors (Lipinski definition) is 0. The molecule has 1 nitrogen and oxygen atoms in total. The second kappa shape index (κ2) is 1.98. The molecule has 0 amide bonds. The molecule has 1 heterocycles. The van der Waals surface area contributed by atoms with Gasteiger partial charge < -0.3 is 0 Å². The summed E-state index contributed by atoms with van der Waals surface area (Å²) in [6.07, 6.45) is 9.86. The molecule has 0 aromatic rings. The maximum Gasteiger partial charge on any atom is 0.163 e. The zero-order valence-electron chi connectivity index (χ0n) is 5.56. The highest BCUT2D eigenvalue weighted by molar-refractivity contribution is 5.84. The Balaban J connectivity index is 2.16. The van der Waals surface area contributed by atoms with E-state index >= 15 is 0 Å². The Hall–Kier alpha value is -0.590. The lowest BCUT2D eigenvalue weighted by Crippen LogP contribution is -2.65. The molecular weight excluding hydrogens is 110 g/mol. The molecular formula is C8H12N+. The maximum atomic E-state index is 3.29. The Morgan fingerprint density at radius 3 is 3.33 bits per heavy atom. The fourth-order valence-corrected chi connectivity index (χ4v) is 1.70. The van der Waals surface area contributed by atoms with Crippen LogP contribution in [0.2, 0.25) is 0 Å². The van der Waals surface area contributed by atoms with Crippen molar-refractivity contribution in [2.45, 2.75) is 25.7 Å². The summed E-state index contributed by atoms with van der Waals surface area (Å²) in [4.78, 5) is 3.29. The van der Waals surface area contributed by atoms with Gasteiger partial charge in [-0.1, -0.05) is 6.42 Å². The number of hydrogen-bond donors (Lipinski definition) is 1. The first-order valence-electron chi connectivity index (χ1n) is 3.76. The Labute approximate surface area is 55.5 Å². The largest absolute Gasteiger partial charge is 0.219 e. The lowest BCUT2D eigenvalue weighted by molar-refractivity contribution is -0.371. The first-order chi connectivity index (χ1) is 4.47. The van der Waals surface area contributed by atoms with Gasteiger partial charge in [-0.05, 0) is 18.9 Å². The lowest BCUT2D eigenvalue weighted by Gasteiger charge is -2.12. The van der Waals surface area contributed by atoms with Crippen LogP contribution < -0.4 is 4.99 Å². The standard InChI is InChI=1S/C8H11N/c1-2-4-8-7(3-1)5-6-9-8/h5-7H,1-4H2/p+1. The van der Waals surface area contributed by atoms with Crippen molar-refractivity contribution in [3.63, 3.8) is 0 Å². The van der Waals surface area contributed by atoms with Gasteiger partial charge in [0.25, 0.3) is 0 Å². The van der Waals surface area contributed by atoms with Gasteiger partial charge in [0.1, 0.15) is 0 Å². The highest BCUT2D eigenvalue weighted by Crippen LogP contribution is 2.21. The number of fused-ring (bicyclic) bond motifs is 1. The molecule has 1 aliphatic heterocycles. The fourth-order valence-electron chi connectivity index (χ4n) is 1.70. The molecule has 0 bridgehead atoms. The summed E-state index contributed by atoms with van der Waals surface area (Å²) in [5.74, 6) is 0.791. The van der Waals surface area contributed by atoms with Gasteiger partial charge >= 0.3 is 0 Å². The first-order valence-corrected chi connectivity index (χ1v) is 3.76. The Bertz CT molecular complexity index is 167. The smallest absolute Gasteiger partial charge is 0.163 e.